The number of halogens is 2. The smallest absolute Gasteiger partial charge is 0.408 e. The van der Waals surface area contributed by atoms with Gasteiger partial charge in [0.15, 0.2) is 6.10 Å². The highest BCUT2D eigenvalue weighted by molar-refractivity contribution is 5.71. The molecular weight excluding hydrogens is 362 g/mol. The van der Waals surface area contributed by atoms with Gasteiger partial charge < -0.3 is 10.1 Å². The van der Waals surface area contributed by atoms with E-state index in [1.54, 1.807) is 18.2 Å². The van der Waals surface area contributed by atoms with Gasteiger partial charge in [0.05, 0.1) is 5.69 Å². The number of ether oxygens (including phenoxy) is 1. The number of rotatable bonds is 2. The van der Waals surface area contributed by atoms with Crippen LogP contribution >= 0.6 is 0 Å². The van der Waals surface area contributed by atoms with Crippen molar-refractivity contribution in [3.63, 3.8) is 0 Å². The molecule has 0 unspecified atom stereocenters. The van der Waals surface area contributed by atoms with E-state index in [4.69, 9.17) is 4.74 Å². The molecule has 138 valence electrons. The maximum absolute atomic E-state index is 13.6. The molecule has 1 fully saturated rings. The summed E-state index contributed by atoms with van der Waals surface area (Å²) in [4.78, 5) is 16.3. The molecule has 0 saturated carbocycles. The average Bonchev–Trinajstić information content (AvgIpc) is 3.09. The molecule has 1 aliphatic heterocycles. The number of benzene rings is 2. The molecule has 1 aliphatic rings. The zero-order valence-corrected chi connectivity index (χ0v) is 14.5. The van der Waals surface area contributed by atoms with Gasteiger partial charge in [-0.3, -0.25) is 0 Å². The van der Waals surface area contributed by atoms with Crippen molar-refractivity contribution >= 4 is 6.09 Å². The topological polar surface area (TPSA) is 51.2 Å². The summed E-state index contributed by atoms with van der Waals surface area (Å²) in [5.41, 5.74) is 2.05. The van der Waals surface area contributed by atoms with Gasteiger partial charge in [-0.2, -0.15) is 0 Å². The van der Waals surface area contributed by atoms with Crippen molar-refractivity contribution in [3.8, 4) is 11.8 Å². The number of amides is 1. The van der Waals surface area contributed by atoms with Gasteiger partial charge in [0.2, 0.25) is 0 Å². The molecule has 1 N–H and O–H groups in total. The second kappa shape index (κ2) is 7.49. The second-order valence-electron chi connectivity index (χ2n) is 6.21. The summed E-state index contributed by atoms with van der Waals surface area (Å²) in [7, 11) is 0. The van der Waals surface area contributed by atoms with Gasteiger partial charge in [0.25, 0.3) is 0 Å². The normalized spacial score (nSPS) is 18.0. The molecule has 4 rings (SSSR count). The van der Waals surface area contributed by atoms with E-state index in [-0.39, 0.29) is 5.56 Å². The fourth-order valence-electron chi connectivity index (χ4n) is 3.00. The first kappa shape index (κ1) is 17.7. The first-order chi connectivity index (χ1) is 13.6. The van der Waals surface area contributed by atoms with Gasteiger partial charge in [0, 0.05) is 17.2 Å². The van der Waals surface area contributed by atoms with E-state index in [1.165, 1.54) is 0 Å². The van der Waals surface area contributed by atoms with Gasteiger partial charge in [-0.15, -0.1) is 0 Å². The summed E-state index contributed by atoms with van der Waals surface area (Å²) in [6.45, 7) is 0. The van der Waals surface area contributed by atoms with E-state index < -0.39 is 29.9 Å². The standard InChI is InChI=1S/C22H14F2N2O2/c23-16-11-15(12-17(24)13-16)21-20(26-22(27)28-21)19-8-4-7-18(25-19)10-9-14-5-2-1-3-6-14/h1-8,11-13,20-21H,(H,26,27)/t20-,21-/m1/s1. The number of hydrogen-bond donors (Lipinski definition) is 1. The third-order valence-corrected chi connectivity index (χ3v) is 4.22. The molecular formula is C22H14F2N2O2. The highest BCUT2D eigenvalue weighted by Crippen LogP contribution is 2.36. The molecule has 3 aromatic rings. The van der Waals surface area contributed by atoms with E-state index in [9.17, 15) is 13.6 Å². The summed E-state index contributed by atoms with van der Waals surface area (Å²) >= 11 is 0. The number of nitrogens with zero attached hydrogens (tertiary/aromatic N) is 1. The van der Waals surface area contributed by atoms with Crippen LogP contribution in [0, 0.1) is 23.5 Å². The lowest BCUT2D eigenvalue weighted by Crippen LogP contribution is -2.21. The van der Waals surface area contributed by atoms with E-state index in [0.29, 0.717) is 11.4 Å². The Morgan fingerprint density at radius 3 is 2.43 bits per heavy atom. The van der Waals surface area contributed by atoms with Gasteiger partial charge in [-0.25, -0.2) is 18.6 Å². The molecule has 0 bridgehead atoms. The molecule has 28 heavy (non-hydrogen) atoms. The predicted octanol–water partition coefficient (Wildman–Crippen LogP) is 4.28. The molecule has 0 radical (unpaired) electrons. The lowest BCUT2D eigenvalue weighted by molar-refractivity contribution is 0.131. The minimum Gasteiger partial charge on any atom is -0.439 e. The SMILES string of the molecule is O=C1N[C@H](c2cccc(C#Cc3ccccc3)n2)[C@@H](c2cc(F)cc(F)c2)O1. The van der Waals surface area contributed by atoms with Crippen molar-refractivity contribution < 1.29 is 18.3 Å². The zero-order valence-electron chi connectivity index (χ0n) is 14.5. The Balaban J connectivity index is 1.66. The lowest BCUT2D eigenvalue weighted by Gasteiger charge is -2.17. The van der Waals surface area contributed by atoms with E-state index >= 15 is 0 Å². The zero-order chi connectivity index (χ0) is 19.5. The summed E-state index contributed by atoms with van der Waals surface area (Å²) in [5, 5.41) is 2.64. The van der Waals surface area contributed by atoms with Crippen molar-refractivity contribution in [1.82, 2.24) is 10.3 Å². The highest BCUT2D eigenvalue weighted by Gasteiger charge is 2.37. The van der Waals surface area contributed by atoms with E-state index in [2.05, 4.69) is 22.1 Å². The van der Waals surface area contributed by atoms with Crippen LogP contribution in [0.4, 0.5) is 13.6 Å². The van der Waals surface area contributed by atoms with Crippen LogP contribution in [-0.2, 0) is 4.74 Å². The summed E-state index contributed by atoms with van der Waals surface area (Å²) in [5.74, 6) is 4.50. The maximum Gasteiger partial charge on any atom is 0.408 e. The molecule has 1 aromatic heterocycles. The number of alkyl carbamates (subject to hydrolysis) is 1. The molecule has 6 heteroatoms. The Morgan fingerprint density at radius 2 is 1.68 bits per heavy atom. The van der Waals surface area contributed by atoms with Crippen LogP contribution in [0.5, 0.6) is 0 Å². The van der Waals surface area contributed by atoms with Crippen LogP contribution in [0.15, 0.2) is 66.7 Å². The predicted molar refractivity (Wildman–Crippen MR) is 98.1 cm³/mol. The summed E-state index contributed by atoms with van der Waals surface area (Å²) in [6.07, 6.45) is -1.58. The molecule has 1 amide bonds. The number of pyridine rings is 1. The molecule has 0 spiro atoms. The van der Waals surface area contributed by atoms with E-state index in [0.717, 1.165) is 23.8 Å². The number of cyclic esters (lactones) is 1. The van der Waals surface area contributed by atoms with Gasteiger partial charge in [-0.05, 0) is 42.3 Å². The van der Waals surface area contributed by atoms with Crippen molar-refractivity contribution in [2.45, 2.75) is 12.1 Å². The summed E-state index contributed by atoms with van der Waals surface area (Å²) in [6, 6.07) is 17.0. The quantitative estimate of drug-likeness (QED) is 0.679. The van der Waals surface area contributed by atoms with Crippen molar-refractivity contribution in [2.75, 3.05) is 0 Å². The van der Waals surface area contributed by atoms with Gasteiger partial charge >= 0.3 is 6.09 Å². The second-order valence-corrected chi connectivity index (χ2v) is 6.21. The molecule has 2 heterocycles. The monoisotopic (exact) mass is 376 g/mol. The third-order valence-electron chi connectivity index (χ3n) is 4.22. The lowest BCUT2D eigenvalue weighted by atomic mass is 9.99. The fourth-order valence-corrected chi connectivity index (χ4v) is 3.00. The first-order valence-corrected chi connectivity index (χ1v) is 8.56. The van der Waals surface area contributed by atoms with Gasteiger partial charge in [-0.1, -0.05) is 30.2 Å². The Morgan fingerprint density at radius 1 is 0.929 bits per heavy atom. The first-order valence-electron chi connectivity index (χ1n) is 8.56. The van der Waals surface area contributed by atoms with E-state index in [1.807, 2.05) is 30.3 Å². The number of hydrogen-bond acceptors (Lipinski definition) is 3. The molecule has 1 saturated heterocycles. The highest BCUT2D eigenvalue weighted by atomic mass is 19.1. The Bertz CT molecular complexity index is 1070. The van der Waals surface area contributed by atoms with Crippen molar-refractivity contribution in [3.05, 3.63) is 101 Å². The van der Waals surface area contributed by atoms with Crippen LogP contribution < -0.4 is 5.32 Å². The third kappa shape index (κ3) is 3.84. The van der Waals surface area contributed by atoms with Crippen LogP contribution in [-0.4, -0.2) is 11.1 Å². The van der Waals surface area contributed by atoms with Gasteiger partial charge in [0.1, 0.15) is 23.4 Å². The molecule has 0 aliphatic carbocycles. The minimum atomic E-state index is -0.900. The van der Waals surface area contributed by atoms with Crippen LogP contribution in [0.2, 0.25) is 0 Å². The molecule has 2 atom stereocenters. The number of aromatic nitrogens is 1. The molecule has 4 nitrogen and oxygen atoms in total. The van der Waals surface area contributed by atoms with Crippen LogP contribution in [0.1, 0.15) is 34.7 Å². The average molecular weight is 376 g/mol. The van der Waals surface area contributed by atoms with Crippen LogP contribution in [0.25, 0.3) is 0 Å². The number of nitrogens with one attached hydrogen (secondary N) is 1. The number of carbonyl (C=O) groups is 1. The Kier molecular flexibility index (Phi) is 4.73. The Hall–Kier alpha value is -3.72. The summed E-state index contributed by atoms with van der Waals surface area (Å²) < 4.78 is 32.4. The molecule has 2 aromatic carbocycles. The van der Waals surface area contributed by atoms with Crippen molar-refractivity contribution in [1.29, 1.82) is 0 Å². The maximum atomic E-state index is 13.6. The largest absolute Gasteiger partial charge is 0.439 e. The Labute approximate surface area is 160 Å². The number of carbonyl (C=O) groups excluding carboxylic acids is 1. The van der Waals surface area contributed by atoms with Crippen molar-refractivity contribution in [2.24, 2.45) is 0 Å². The van der Waals surface area contributed by atoms with Crippen LogP contribution in [0.3, 0.4) is 0 Å². The minimum absolute atomic E-state index is 0.212. The fraction of sp³-hybridized carbons (Fsp3) is 0.0909.